The van der Waals surface area contributed by atoms with Crippen LogP contribution in [0.4, 0.5) is 0 Å². The lowest BCUT2D eigenvalue weighted by Crippen LogP contribution is -2.41. The van der Waals surface area contributed by atoms with Gasteiger partial charge in [0, 0.05) is 63.3 Å². The van der Waals surface area contributed by atoms with E-state index in [4.69, 9.17) is 11.6 Å². The van der Waals surface area contributed by atoms with Crippen molar-refractivity contribution in [2.24, 2.45) is 11.3 Å². The summed E-state index contributed by atoms with van der Waals surface area (Å²) < 4.78 is 0. The fourth-order valence-electron chi connectivity index (χ4n) is 4.67. The first kappa shape index (κ1) is 27.5. The minimum absolute atomic E-state index is 0.0149. The molecule has 0 N–H and O–H groups in total. The van der Waals surface area contributed by atoms with Gasteiger partial charge in [0.15, 0.2) is 0 Å². The number of rotatable bonds is 5. The van der Waals surface area contributed by atoms with Gasteiger partial charge in [-0.3, -0.25) is 14.6 Å². The average molecular weight is 537 g/mol. The Morgan fingerprint density at radius 3 is 2.49 bits per heavy atom. The van der Waals surface area contributed by atoms with Crippen LogP contribution in [0, 0.1) is 11.3 Å². The highest BCUT2D eigenvalue weighted by Gasteiger charge is 2.30. The first-order chi connectivity index (χ1) is 17.3. The summed E-state index contributed by atoms with van der Waals surface area (Å²) in [5.74, 6) is 0.463. The molecule has 0 spiro atoms. The number of piperidine rings is 1. The van der Waals surface area contributed by atoms with Gasteiger partial charge in [0.1, 0.15) is 5.78 Å². The number of halogens is 1. The zero-order valence-corrected chi connectivity index (χ0v) is 24.3. The first-order valence-corrected chi connectivity index (χ1v) is 14.3. The molecule has 0 radical (unpaired) electrons. The van der Waals surface area contributed by atoms with Crippen LogP contribution in [0.2, 0.25) is 5.02 Å². The number of pyridine rings is 1. The molecule has 0 saturated carbocycles. The second-order valence-electron chi connectivity index (χ2n) is 12.2. The maximum atomic E-state index is 13.3. The number of thiophene rings is 1. The number of likely N-dealkylation sites (tertiary alicyclic amines) is 1. The molecule has 1 aromatic carbocycles. The van der Waals surface area contributed by atoms with Gasteiger partial charge in [-0.2, -0.15) is 0 Å². The fourth-order valence-corrected chi connectivity index (χ4v) is 5.87. The lowest BCUT2D eigenvalue weighted by molar-refractivity contribution is -0.127. The summed E-state index contributed by atoms with van der Waals surface area (Å²) in [4.78, 5) is 33.4. The Hall–Kier alpha value is -2.50. The topological polar surface area (TPSA) is 50.3 Å². The third-order valence-electron chi connectivity index (χ3n) is 7.06. The van der Waals surface area contributed by atoms with Gasteiger partial charge < -0.3 is 4.90 Å². The lowest BCUT2D eigenvalue weighted by Gasteiger charge is -2.33. The van der Waals surface area contributed by atoms with Crippen molar-refractivity contribution in [1.82, 2.24) is 9.88 Å². The Labute approximate surface area is 230 Å². The Morgan fingerprint density at radius 2 is 1.81 bits per heavy atom. The van der Waals surface area contributed by atoms with Gasteiger partial charge in [-0.15, -0.1) is 11.3 Å². The number of hydrogen-bond donors (Lipinski definition) is 0. The number of carbonyl (C=O) groups is 2. The van der Waals surface area contributed by atoms with Crippen molar-refractivity contribution < 1.29 is 9.59 Å². The molecule has 3 heterocycles. The molecule has 1 aliphatic heterocycles. The molecular weight excluding hydrogens is 500 g/mol. The largest absolute Gasteiger partial charge is 0.338 e. The van der Waals surface area contributed by atoms with Crippen LogP contribution < -0.4 is 0 Å². The number of aromatic nitrogens is 1. The predicted octanol–water partition coefficient (Wildman–Crippen LogP) is 8.29. The van der Waals surface area contributed by atoms with E-state index in [0.29, 0.717) is 23.6 Å². The van der Waals surface area contributed by atoms with Crippen molar-refractivity contribution in [3.8, 4) is 21.6 Å². The molecular formula is C31H37ClN2O2S. The molecule has 0 bridgehead atoms. The van der Waals surface area contributed by atoms with Crippen molar-refractivity contribution in [1.29, 1.82) is 0 Å². The van der Waals surface area contributed by atoms with E-state index in [-0.39, 0.29) is 28.4 Å². The molecule has 0 aliphatic carbocycles. The van der Waals surface area contributed by atoms with Crippen LogP contribution in [0.5, 0.6) is 0 Å². The summed E-state index contributed by atoms with van der Waals surface area (Å²) in [5, 5.41) is 2.67. The Bertz CT molecular complexity index is 1300. The first-order valence-electron chi connectivity index (χ1n) is 13.0. The lowest BCUT2D eigenvalue weighted by atomic mass is 9.82. The molecule has 1 fully saturated rings. The zero-order valence-electron chi connectivity index (χ0n) is 22.7. The highest BCUT2D eigenvalue weighted by Crippen LogP contribution is 2.37. The van der Waals surface area contributed by atoms with E-state index in [1.807, 2.05) is 50.1 Å². The van der Waals surface area contributed by atoms with E-state index < -0.39 is 0 Å². The second kappa shape index (κ2) is 10.7. The summed E-state index contributed by atoms with van der Waals surface area (Å²) in [6, 6.07) is 11.9. The summed E-state index contributed by atoms with van der Waals surface area (Å²) in [5.41, 5.74) is 4.39. The Morgan fingerprint density at radius 1 is 1.05 bits per heavy atom. The molecule has 3 aromatic rings. The summed E-state index contributed by atoms with van der Waals surface area (Å²) >= 11 is 8.39. The van der Waals surface area contributed by atoms with Gasteiger partial charge in [0.25, 0.3) is 5.91 Å². The number of carbonyl (C=O) groups excluding carboxylic acids is 2. The van der Waals surface area contributed by atoms with Gasteiger partial charge in [-0.05, 0) is 65.6 Å². The van der Waals surface area contributed by atoms with Gasteiger partial charge >= 0.3 is 0 Å². The molecule has 1 aliphatic rings. The van der Waals surface area contributed by atoms with Crippen molar-refractivity contribution in [2.45, 2.75) is 66.2 Å². The number of benzene rings is 1. The van der Waals surface area contributed by atoms with Crippen LogP contribution in [0.15, 0.2) is 48.0 Å². The normalized spacial score (nSPS) is 16.6. The van der Waals surface area contributed by atoms with Crippen molar-refractivity contribution >= 4 is 34.6 Å². The molecule has 4 nitrogen and oxygen atoms in total. The van der Waals surface area contributed by atoms with Gasteiger partial charge in [-0.25, -0.2) is 0 Å². The third kappa shape index (κ3) is 6.50. The molecule has 196 valence electrons. The van der Waals surface area contributed by atoms with Crippen LogP contribution in [0.3, 0.4) is 0 Å². The van der Waals surface area contributed by atoms with Crippen LogP contribution in [-0.4, -0.2) is 34.7 Å². The number of nitrogens with zero attached hydrogens (tertiary/aromatic N) is 2. The van der Waals surface area contributed by atoms with E-state index in [0.717, 1.165) is 46.6 Å². The number of amides is 1. The molecule has 37 heavy (non-hydrogen) atoms. The van der Waals surface area contributed by atoms with Crippen LogP contribution >= 0.6 is 22.9 Å². The predicted molar refractivity (Wildman–Crippen MR) is 154 cm³/mol. The second-order valence-corrected chi connectivity index (χ2v) is 13.5. The van der Waals surface area contributed by atoms with Gasteiger partial charge in [0.2, 0.25) is 0 Å². The fraction of sp³-hybridized carbons (Fsp3) is 0.452. The van der Waals surface area contributed by atoms with E-state index in [2.05, 4.69) is 43.3 Å². The van der Waals surface area contributed by atoms with Crippen molar-refractivity contribution in [3.05, 3.63) is 64.3 Å². The number of Topliss-reactive ketones (excluding diaryl/α,β-unsaturated/α-hetero) is 1. The monoisotopic (exact) mass is 536 g/mol. The Balaban J connectivity index is 1.49. The molecule has 4 rings (SSSR count). The SMILES string of the molecule is CC(C)(C)C(=O)CC1CCCN(C(=O)c2ccc(-c3csc(-c4ccnc(C(C)(C)C)c4)c3)c(Cl)c2)C1. The van der Waals surface area contributed by atoms with E-state index in [1.54, 1.807) is 17.4 Å². The van der Waals surface area contributed by atoms with Gasteiger partial charge in [0.05, 0.1) is 0 Å². The van der Waals surface area contributed by atoms with E-state index >= 15 is 0 Å². The molecule has 1 saturated heterocycles. The van der Waals surface area contributed by atoms with Crippen LogP contribution in [0.25, 0.3) is 21.6 Å². The van der Waals surface area contributed by atoms with Gasteiger partial charge in [-0.1, -0.05) is 59.2 Å². The highest BCUT2D eigenvalue weighted by molar-refractivity contribution is 7.14. The molecule has 1 amide bonds. The molecule has 1 atom stereocenters. The highest BCUT2D eigenvalue weighted by atomic mass is 35.5. The minimum atomic E-state index is -0.344. The van der Waals surface area contributed by atoms with Crippen molar-refractivity contribution in [2.75, 3.05) is 13.1 Å². The maximum absolute atomic E-state index is 13.3. The number of hydrogen-bond acceptors (Lipinski definition) is 4. The summed E-state index contributed by atoms with van der Waals surface area (Å²) in [7, 11) is 0. The van der Waals surface area contributed by atoms with E-state index in [1.165, 1.54) is 0 Å². The van der Waals surface area contributed by atoms with Crippen molar-refractivity contribution in [3.63, 3.8) is 0 Å². The Kier molecular flexibility index (Phi) is 7.96. The third-order valence-corrected chi connectivity index (χ3v) is 8.35. The standard InChI is InChI=1S/C31H37ClN2O2S/c1-30(2,3)27-17-21(11-12-33-27)26-16-23(19-37-26)24-10-9-22(15-25(24)32)29(36)34-13-7-8-20(18-34)14-28(35)31(4,5)6/h9-12,15-17,19-20H,7-8,13-14,18H2,1-6H3. The van der Waals surface area contributed by atoms with Crippen LogP contribution in [0.1, 0.15) is 76.9 Å². The molecule has 2 aromatic heterocycles. The smallest absolute Gasteiger partial charge is 0.253 e. The molecule has 1 unspecified atom stereocenters. The minimum Gasteiger partial charge on any atom is -0.338 e. The summed E-state index contributed by atoms with van der Waals surface area (Å²) in [6.07, 6.45) is 4.30. The van der Waals surface area contributed by atoms with Crippen LogP contribution in [-0.2, 0) is 10.2 Å². The number of ketones is 1. The zero-order chi connectivity index (χ0) is 27.0. The maximum Gasteiger partial charge on any atom is 0.253 e. The average Bonchev–Trinajstić information content (AvgIpc) is 3.33. The van der Waals surface area contributed by atoms with E-state index in [9.17, 15) is 9.59 Å². The quantitative estimate of drug-likeness (QED) is 0.329. The summed E-state index contributed by atoms with van der Waals surface area (Å²) in [6.45, 7) is 13.7. The molecule has 6 heteroatoms.